The molecule has 0 bridgehead atoms. The lowest BCUT2D eigenvalue weighted by Crippen LogP contribution is -2.28. The Bertz CT molecular complexity index is 388. The molecule has 1 aromatic heterocycles. The van der Waals surface area contributed by atoms with Crippen molar-refractivity contribution in [1.29, 1.82) is 0 Å². The van der Waals surface area contributed by atoms with E-state index in [1.54, 1.807) is 18.3 Å². The summed E-state index contributed by atoms with van der Waals surface area (Å²) in [5.74, 6) is 0.759. The fraction of sp³-hybridized carbons (Fsp3) is 0.538. The van der Waals surface area contributed by atoms with Gasteiger partial charge >= 0.3 is 0 Å². The lowest BCUT2D eigenvalue weighted by atomic mass is 10.2. The highest BCUT2D eigenvalue weighted by atomic mass is 16.1. The molecule has 0 saturated heterocycles. The molecule has 2 rings (SSSR count). The van der Waals surface area contributed by atoms with Gasteiger partial charge in [-0.15, -0.1) is 0 Å². The molecule has 1 fully saturated rings. The molecule has 1 aromatic rings. The summed E-state index contributed by atoms with van der Waals surface area (Å²) < 4.78 is 0. The molecule has 1 aliphatic rings. The number of rotatable bonds is 5. The number of nitrogens with one attached hydrogen (secondary N) is 1. The highest BCUT2D eigenvalue weighted by Crippen LogP contribution is 2.34. The molecule has 0 spiro atoms. The van der Waals surface area contributed by atoms with Crippen molar-refractivity contribution in [3.8, 4) is 0 Å². The smallest absolute Gasteiger partial charge is 0.226 e. The molecule has 1 aliphatic carbocycles. The van der Waals surface area contributed by atoms with Gasteiger partial charge in [-0.05, 0) is 30.9 Å². The number of hydrogen-bond donors (Lipinski definition) is 2. The van der Waals surface area contributed by atoms with Crippen molar-refractivity contribution in [3.63, 3.8) is 0 Å². The molecular weight excluding hydrogens is 214 g/mol. The van der Waals surface area contributed by atoms with E-state index in [2.05, 4.69) is 17.2 Å². The standard InChI is InChI=1S/C13H19N3O/c1-2-3-9-6-12(9)16-13(17)7-11-5-4-10(14)8-15-11/h4-5,8-9,12H,2-3,6-7,14H2,1H3,(H,16,17). The Labute approximate surface area is 102 Å². The maximum Gasteiger partial charge on any atom is 0.226 e. The topological polar surface area (TPSA) is 68.0 Å². The van der Waals surface area contributed by atoms with E-state index in [0.29, 0.717) is 24.1 Å². The molecule has 4 nitrogen and oxygen atoms in total. The quantitative estimate of drug-likeness (QED) is 0.810. The first-order valence-corrected chi connectivity index (χ1v) is 6.18. The van der Waals surface area contributed by atoms with Gasteiger partial charge in [0.15, 0.2) is 0 Å². The number of nitrogens with two attached hydrogens (primary N) is 1. The summed E-state index contributed by atoms with van der Waals surface area (Å²) in [5.41, 5.74) is 6.93. The molecule has 1 heterocycles. The fourth-order valence-electron chi connectivity index (χ4n) is 2.08. The summed E-state index contributed by atoms with van der Waals surface area (Å²) in [6.07, 6.45) is 5.46. The minimum Gasteiger partial charge on any atom is -0.397 e. The van der Waals surface area contributed by atoms with Crippen molar-refractivity contribution in [2.45, 2.75) is 38.6 Å². The number of hydrogen-bond acceptors (Lipinski definition) is 3. The van der Waals surface area contributed by atoms with Crippen LogP contribution in [0.1, 0.15) is 31.9 Å². The van der Waals surface area contributed by atoms with E-state index in [1.165, 1.54) is 12.8 Å². The Morgan fingerprint density at radius 3 is 3.06 bits per heavy atom. The van der Waals surface area contributed by atoms with Crippen LogP contribution in [-0.2, 0) is 11.2 Å². The number of nitrogen functional groups attached to an aromatic ring is 1. The predicted molar refractivity (Wildman–Crippen MR) is 67.3 cm³/mol. The molecule has 17 heavy (non-hydrogen) atoms. The van der Waals surface area contributed by atoms with Crippen LogP contribution in [0.2, 0.25) is 0 Å². The maximum atomic E-state index is 11.7. The van der Waals surface area contributed by atoms with Crippen LogP contribution in [0, 0.1) is 5.92 Å². The number of nitrogens with zero attached hydrogens (tertiary/aromatic N) is 1. The fourth-order valence-corrected chi connectivity index (χ4v) is 2.08. The third-order valence-electron chi connectivity index (χ3n) is 3.12. The number of anilines is 1. The SMILES string of the molecule is CCCC1CC1NC(=O)Cc1ccc(N)cn1. The minimum absolute atomic E-state index is 0.0610. The molecule has 2 atom stereocenters. The summed E-state index contributed by atoms with van der Waals surface area (Å²) in [7, 11) is 0. The summed E-state index contributed by atoms with van der Waals surface area (Å²) in [6, 6.07) is 3.97. The number of aromatic nitrogens is 1. The van der Waals surface area contributed by atoms with Gasteiger partial charge in [-0.2, -0.15) is 0 Å². The largest absolute Gasteiger partial charge is 0.397 e. The van der Waals surface area contributed by atoms with Crippen LogP contribution in [0.5, 0.6) is 0 Å². The molecule has 0 aromatic carbocycles. The van der Waals surface area contributed by atoms with Crippen molar-refractivity contribution in [3.05, 3.63) is 24.0 Å². The highest BCUT2D eigenvalue weighted by molar-refractivity contribution is 5.78. The molecule has 1 amide bonds. The first kappa shape index (κ1) is 11.9. The number of carbonyl (C=O) groups is 1. The second kappa shape index (κ2) is 5.17. The summed E-state index contributed by atoms with van der Waals surface area (Å²) in [5, 5.41) is 3.04. The van der Waals surface area contributed by atoms with Gasteiger partial charge in [0.1, 0.15) is 0 Å². The van der Waals surface area contributed by atoms with Crippen molar-refractivity contribution in [2.75, 3.05) is 5.73 Å². The number of pyridine rings is 1. The van der Waals surface area contributed by atoms with E-state index in [9.17, 15) is 4.79 Å². The third kappa shape index (κ3) is 3.44. The molecular formula is C13H19N3O. The average Bonchev–Trinajstić information content (AvgIpc) is 3.00. The average molecular weight is 233 g/mol. The Morgan fingerprint density at radius 1 is 1.59 bits per heavy atom. The van der Waals surface area contributed by atoms with Crippen molar-refractivity contribution >= 4 is 11.6 Å². The monoisotopic (exact) mass is 233 g/mol. The Balaban J connectivity index is 1.76. The minimum atomic E-state index is 0.0610. The third-order valence-corrected chi connectivity index (χ3v) is 3.12. The zero-order valence-electron chi connectivity index (χ0n) is 10.1. The van der Waals surface area contributed by atoms with E-state index >= 15 is 0 Å². The van der Waals surface area contributed by atoms with E-state index < -0.39 is 0 Å². The lowest BCUT2D eigenvalue weighted by molar-refractivity contribution is -0.120. The first-order chi connectivity index (χ1) is 8.19. The zero-order valence-corrected chi connectivity index (χ0v) is 10.1. The van der Waals surface area contributed by atoms with Gasteiger partial charge in [-0.3, -0.25) is 9.78 Å². The van der Waals surface area contributed by atoms with Crippen LogP contribution in [-0.4, -0.2) is 16.9 Å². The van der Waals surface area contributed by atoms with Gasteiger partial charge < -0.3 is 11.1 Å². The zero-order chi connectivity index (χ0) is 12.3. The van der Waals surface area contributed by atoms with Crippen LogP contribution in [0.4, 0.5) is 5.69 Å². The van der Waals surface area contributed by atoms with Crippen molar-refractivity contribution < 1.29 is 4.79 Å². The van der Waals surface area contributed by atoms with Gasteiger partial charge in [0.2, 0.25) is 5.91 Å². The van der Waals surface area contributed by atoms with E-state index in [-0.39, 0.29) is 5.91 Å². The molecule has 4 heteroatoms. The normalized spacial score (nSPS) is 22.2. The Hall–Kier alpha value is -1.58. The van der Waals surface area contributed by atoms with E-state index in [0.717, 1.165) is 12.1 Å². The Kier molecular flexibility index (Phi) is 3.61. The van der Waals surface area contributed by atoms with Crippen LogP contribution < -0.4 is 11.1 Å². The summed E-state index contributed by atoms with van der Waals surface area (Å²) in [6.45, 7) is 2.18. The van der Waals surface area contributed by atoms with Crippen LogP contribution in [0.15, 0.2) is 18.3 Å². The van der Waals surface area contributed by atoms with Crippen molar-refractivity contribution in [2.24, 2.45) is 5.92 Å². The van der Waals surface area contributed by atoms with Crippen molar-refractivity contribution in [1.82, 2.24) is 10.3 Å². The number of amides is 1. The predicted octanol–water partition coefficient (Wildman–Crippen LogP) is 1.51. The molecule has 0 radical (unpaired) electrons. The molecule has 0 aliphatic heterocycles. The second-order valence-electron chi connectivity index (χ2n) is 4.72. The Morgan fingerprint density at radius 2 is 2.41 bits per heavy atom. The summed E-state index contributed by atoms with van der Waals surface area (Å²) in [4.78, 5) is 15.8. The maximum absolute atomic E-state index is 11.7. The van der Waals surface area contributed by atoms with Crippen LogP contribution in [0.25, 0.3) is 0 Å². The van der Waals surface area contributed by atoms with Gasteiger partial charge in [0.05, 0.1) is 18.3 Å². The van der Waals surface area contributed by atoms with Gasteiger partial charge in [0, 0.05) is 11.7 Å². The van der Waals surface area contributed by atoms with Gasteiger partial charge in [0.25, 0.3) is 0 Å². The van der Waals surface area contributed by atoms with Gasteiger partial charge in [-0.1, -0.05) is 13.3 Å². The molecule has 92 valence electrons. The molecule has 1 saturated carbocycles. The van der Waals surface area contributed by atoms with Gasteiger partial charge in [-0.25, -0.2) is 0 Å². The first-order valence-electron chi connectivity index (χ1n) is 6.18. The number of carbonyl (C=O) groups excluding carboxylic acids is 1. The molecule has 3 N–H and O–H groups in total. The summed E-state index contributed by atoms with van der Waals surface area (Å²) >= 11 is 0. The van der Waals surface area contributed by atoms with Crippen LogP contribution in [0.3, 0.4) is 0 Å². The molecule has 2 unspecified atom stereocenters. The lowest BCUT2D eigenvalue weighted by Gasteiger charge is -2.04. The van der Waals surface area contributed by atoms with E-state index in [4.69, 9.17) is 5.73 Å². The van der Waals surface area contributed by atoms with Crippen LogP contribution >= 0.6 is 0 Å². The highest BCUT2D eigenvalue weighted by Gasteiger charge is 2.36. The van der Waals surface area contributed by atoms with E-state index in [1.807, 2.05) is 0 Å². The second-order valence-corrected chi connectivity index (χ2v) is 4.72.